The molecule has 45 heavy (non-hydrogen) atoms. The molecule has 2 heterocycles. The summed E-state index contributed by atoms with van der Waals surface area (Å²) >= 11 is 13.6. The molecule has 2 aliphatic rings. The number of carboxylic acids is 1. The van der Waals surface area contributed by atoms with Crippen molar-refractivity contribution in [2.24, 2.45) is 0 Å². The summed E-state index contributed by atoms with van der Waals surface area (Å²) in [6.07, 6.45) is 2.41. The number of thiocarbonyl (C=S) groups is 1. The summed E-state index contributed by atoms with van der Waals surface area (Å²) in [6, 6.07) is 18.1. The molecule has 0 bridgehead atoms. The highest BCUT2D eigenvalue weighted by atomic mass is 35.5. The van der Waals surface area contributed by atoms with Gasteiger partial charge in [0, 0.05) is 37.3 Å². The number of carbonyl (C=O) groups excluding carboxylic acids is 1. The lowest BCUT2D eigenvalue weighted by Gasteiger charge is -2.26. The van der Waals surface area contributed by atoms with Crippen molar-refractivity contribution in [1.82, 2.24) is 9.80 Å². The Morgan fingerprint density at radius 2 is 1.82 bits per heavy atom. The molecule has 0 aliphatic carbocycles. The quantitative estimate of drug-likeness (QED) is 0.169. The van der Waals surface area contributed by atoms with E-state index in [9.17, 15) is 9.59 Å². The van der Waals surface area contributed by atoms with Crippen LogP contribution in [0.25, 0.3) is 17.2 Å². The Hall–Kier alpha value is -3.41. The molecule has 8 nitrogen and oxygen atoms in total. The van der Waals surface area contributed by atoms with Crippen molar-refractivity contribution < 1.29 is 28.9 Å². The van der Waals surface area contributed by atoms with Crippen molar-refractivity contribution in [2.75, 3.05) is 46.0 Å². The van der Waals surface area contributed by atoms with Crippen LogP contribution in [0.3, 0.4) is 0 Å². The van der Waals surface area contributed by atoms with E-state index in [4.69, 9.17) is 43.1 Å². The molecule has 0 saturated carbocycles. The molecule has 0 atom stereocenters. The number of hydrogen-bond acceptors (Lipinski definition) is 8. The van der Waals surface area contributed by atoms with Crippen molar-refractivity contribution in [2.45, 2.75) is 26.4 Å². The van der Waals surface area contributed by atoms with Crippen molar-refractivity contribution in [1.29, 1.82) is 0 Å². The van der Waals surface area contributed by atoms with Crippen molar-refractivity contribution in [3.63, 3.8) is 0 Å². The van der Waals surface area contributed by atoms with E-state index < -0.39 is 5.97 Å². The monoisotopic (exact) mass is 666 g/mol. The highest BCUT2D eigenvalue weighted by molar-refractivity contribution is 8.26. The van der Waals surface area contributed by atoms with Gasteiger partial charge >= 0.3 is 5.97 Å². The first kappa shape index (κ1) is 33.0. The zero-order chi connectivity index (χ0) is 31.9. The summed E-state index contributed by atoms with van der Waals surface area (Å²) < 4.78 is 18.1. The Balaban J connectivity index is 1.35. The van der Waals surface area contributed by atoms with Crippen LogP contribution in [0.4, 0.5) is 0 Å². The van der Waals surface area contributed by atoms with E-state index in [1.54, 1.807) is 35.2 Å². The molecule has 2 fully saturated rings. The van der Waals surface area contributed by atoms with Gasteiger partial charge in [0.15, 0.2) is 0 Å². The molecule has 11 heteroatoms. The van der Waals surface area contributed by atoms with Gasteiger partial charge in [-0.1, -0.05) is 53.8 Å². The van der Waals surface area contributed by atoms with Gasteiger partial charge in [-0.3, -0.25) is 14.6 Å². The predicted octanol–water partition coefficient (Wildman–Crippen LogP) is 6.65. The Bertz CT molecular complexity index is 1590. The molecule has 5 rings (SSSR count). The number of benzene rings is 3. The van der Waals surface area contributed by atoms with Crippen LogP contribution in [-0.2, 0) is 16.0 Å². The molecule has 1 amide bonds. The van der Waals surface area contributed by atoms with Crippen molar-refractivity contribution >= 4 is 57.9 Å². The zero-order valence-corrected chi connectivity index (χ0v) is 27.6. The second-order valence-electron chi connectivity index (χ2n) is 11.0. The van der Waals surface area contributed by atoms with Crippen molar-refractivity contribution in [3.05, 3.63) is 87.3 Å². The fraction of sp³-hybridized carbons (Fsp3) is 0.324. The number of carbonyl (C=O) groups is 2. The summed E-state index contributed by atoms with van der Waals surface area (Å²) in [7, 11) is 0. The molecule has 3 aromatic rings. The molecule has 2 saturated heterocycles. The van der Waals surface area contributed by atoms with Gasteiger partial charge in [-0.2, -0.15) is 0 Å². The highest BCUT2D eigenvalue weighted by Gasteiger charge is 2.31. The molecule has 3 aromatic carbocycles. The van der Waals surface area contributed by atoms with Crippen LogP contribution in [0, 0.1) is 0 Å². The van der Waals surface area contributed by atoms with Crippen LogP contribution >= 0.6 is 35.6 Å². The van der Waals surface area contributed by atoms with Gasteiger partial charge in [0.25, 0.3) is 5.91 Å². The number of nitrogens with zero attached hydrogens (tertiary/aromatic N) is 2. The highest BCUT2D eigenvalue weighted by Crippen LogP contribution is 2.39. The van der Waals surface area contributed by atoms with Crippen LogP contribution in [0.15, 0.2) is 65.6 Å². The minimum atomic E-state index is -0.973. The Morgan fingerprint density at radius 1 is 1.07 bits per heavy atom. The fourth-order valence-corrected chi connectivity index (χ4v) is 6.62. The molecule has 236 valence electrons. The predicted molar refractivity (Wildman–Crippen MR) is 182 cm³/mol. The van der Waals surface area contributed by atoms with E-state index in [1.807, 2.05) is 50.3 Å². The molecule has 0 unspecified atom stereocenters. The standard InChI is InChI=1S/C34H35ClN2O6S2/c1-22(2)43-26-8-9-27(29(35)21-26)28-19-24(5-10-30(28)42-18-15-36-13-16-41-17-14-36)20-31-32(38)37(34(44)45-31)12-11-23-3-6-25(7-4-23)33(39)40/h3-10,19-22H,11-18H2,1-2H3,(H,39,40). The van der Waals surface area contributed by atoms with Gasteiger partial charge in [0.05, 0.1) is 34.8 Å². The van der Waals surface area contributed by atoms with Gasteiger partial charge in [-0.05, 0) is 79.9 Å². The minimum Gasteiger partial charge on any atom is -0.492 e. The van der Waals surface area contributed by atoms with Crippen LogP contribution < -0.4 is 9.47 Å². The van der Waals surface area contributed by atoms with Crippen LogP contribution in [0.2, 0.25) is 5.02 Å². The molecule has 2 aliphatic heterocycles. The summed E-state index contributed by atoms with van der Waals surface area (Å²) in [4.78, 5) is 28.9. The Kier molecular flexibility index (Phi) is 11.2. The smallest absolute Gasteiger partial charge is 0.335 e. The zero-order valence-electron chi connectivity index (χ0n) is 25.2. The van der Waals surface area contributed by atoms with Gasteiger partial charge in [-0.15, -0.1) is 0 Å². The number of ether oxygens (including phenoxy) is 3. The molecular weight excluding hydrogens is 632 g/mol. The fourth-order valence-electron chi connectivity index (χ4n) is 5.04. The number of thioether (sulfide) groups is 1. The lowest BCUT2D eigenvalue weighted by molar-refractivity contribution is -0.122. The number of aromatic carboxylic acids is 1. The second-order valence-corrected chi connectivity index (χ2v) is 13.0. The first-order valence-electron chi connectivity index (χ1n) is 14.8. The third kappa shape index (κ3) is 8.65. The van der Waals surface area contributed by atoms with E-state index in [0.29, 0.717) is 45.3 Å². The van der Waals surface area contributed by atoms with E-state index in [0.717, 1.165) is 55.1 Å². The van der Waals surface area contributed by atoms with E-state index in [-0.39, 0.29) is 17.6 Å². The molecule has 0 radical (unpaired) electrons. The summed E-state index contributed by atoms with van der Waals surface area (Å²) in [5.41, 5.74) is 3.57. The number of morpholine rings is 1. The maximum Gasteiger partial charge on any atom is 0.335 e. The lowest BCUT2D eigenvalue weighted by Crippen LogP contribution is -2.38. The maximum atomic E-state index is 13.4. The third-order valence-electron chi connectivity index (χ3n) is 7.37. The number of rotatable bonds is 12. The molecular formula is C34H35ClN2O6S2. The van der Waals surface area contributed by atoms with Crippen LogP contribution in [-0.4, -0.2) is 83.2 Å². The average Bonchev–Trinajstić information content (AvgIpc) is 3.28. The van der Waals surface area contributed by atoms with Gasteiger partial charge < -0.3 is 19.3 Å². The Morgan fingerprint density at radius 3 is 2.51 bits per heavy atom. The first-order chi connectivity index (χ1) is 21.7. The third-order valence-corrected chi connectivity index (χ3v) is 9.06. The van der Waals surface area contributed by atoms with Crippen molar-refractivity contribution in [3.8, 4) is 22.6 Å². The second kappa shape index (κ2) is 15.2. The SMILES string of the molecule is CC(C)Oc1ccc(-c2cc(C=C3SC(=S)N(CCc4ccc(C(=O)O)cc4)C3=O)ccc2OCCN2CCOCC2)c(Cl)c1. The van der Waals surface area contributed by atoms with Crippen LogP contribution in [0.5, 0.6) is 11.5 Å². The summed E-state index contributed by atoms with van der Waals surface area (Å²) in [6.45, 7) is 8.84. The number of carboxylic acid groups (broad SMARTS) is 1. The lowest BCUT2D eigenvalue weighted by atomic mass is 10.0. The normalized spacial score (nSPS) is 16.5. The average molecular weight is 667 g/mol. The topological polar surface area (TPSA) is 88.5 Å². The Labute approximate surface area is 277 Å². The summed E-state index contributed by atoms with van der Waals surface area (Å²) in [5.74, 6) is 0.249. The van der Waals surface area contributed by atoms with Gasteiger partial charge in [-0.25, -0.2) is 4.79 Å². The first-order valence-corrected chi connectivity index (χ1v) is 16.4. The maximum absolute atomic E-state index is 13.4. The molecule has 0 aromatic heterocycles. The van der Waals surface area contributed by atoms with E-state index >= 15 is 0 Å². The molecule has 1 N–H and O–H groups in total. The van der Waals surface area contributed by atoms with Crippen LogP contribution in [0.1, 0.15) is 35.3 Å². The largest absolute Gasteiger partial charge is 0.492 e. The summed E-state index contributed by atoms with van der Waals surface area (Å²) in [5, 5.41) is 9.67. The minimum absolute atomic E-state index is 0.0190. The number of halogens is 1. The van der Waals surface area contributed by atoms with E-state index in [1.165, 1.54) is 11.8 Å². The molecule has 0 spiro atoms. The van der Waals surface area contributed by atoms with E-state index in [2.05, 4.69) is 4.90 Å². The number of amides is 1. The van der Waals surface area contributed by atoms with Gasteiger partial charge in [0.2, 0.25) is 0 Å². The van der Waals surface area contributed by atoms with Gasteiger partial charge in [0.1, 0.15) is 22.4 Å². The number of hydrogen-bond donors (Lipinski definition) is 1.